The van der Waals surface area contributed by atoms with Gasteiger partial charge in [-0.25, -0.2) is 4.98 Å². The maximum absolute atomic E-state index is 5.24. The van der Waals surface area contributed by atoms with Crippen LogP contribution in [0.4, 0.5) is 0 Å². The molecule has 1 heterocycles. The maximum atomic E-state index is 5.24. The zero-order valence-electron chi connectivity index (χ0n) is 18.6. The van der Waals surface area contributed by atoms with Gasteiger partial charge in [-0.1, -0.05) is 69.7 Å². The van der Waals surface area contributed by atoms with Crippen molar-refractivity contribution in [2.45, 2.75) is 59.3 Å². The second-order valence-corrected chi connectivity index (χ2v) is 9.88. The Morgan fingerprint density at radius 1 is 0.690 bits per heavy atom. The van der Waals surface area contributed by atoms with E-state index >= 15 is 0 Å². The lowest BCUT2D eigenvalue weighted by Crippen LogP contribution is -2.45. The molecule has 5 rings (SSSR count). The molecule has 1 aliphatic rings. The summed E-state index contributed by atoms with van der Waals surface area (Å²) in [6.45, 7) is 16.4. The van der Waals surface area contributed by atoms with Crippen LogP contribution in [-0.2, 0) is 10.8 Å². The van der Waals surface area contributed by atoms with Crippen molar-refractivity contribution < 1.29 is 0 Å². The Hall–Kier alpha value is -2.67. The molecule has 0 radical (unpaired) electrons. The summed E-state index contributed by atoms with van der Waals surface area (Å²) in [7, 11) is 0. The predicted molar refractivity (Wildman–Crippen MR) is 125 cm³/mol. The van der Waals surface area contributed by atoms with Gasteiger partial charge in [-0.2, -0.15) is 0 Å². The van der Waals surface area contributed by atoms with Gasteiger partial charge in [0.25, 0.3) is 0 Å². The third kappa shape index (κ3) is 2.25. The minimum atomic E-state index is -0.0291. The number of hydrogen-bond donors (Lipinski definition) is 0. The van der Waals surface area contributed by atoms with Gasteiger partial charge in [0, 0.05) is 16.4 Å². The van der Waals surface area contributed by atoms with Gasteiger partial charge in [0.05, 0.1) is 11.2 Å². The van der Waals surface area contributed by atoms with E-state index in [0.717, 1.165) is 5.52 Å². The van der Waals surface area contributed by atoms with E-state index in [1.54, 1.807) is 0 Å². The Bertz CT molecular complexity index is 1320. The highest BCUT2D eigenvalue weighted by atomic mass is 14.7. The van der Waals surface area contributed by atoms with Crippen molar-refractivity contribution >= 4 is 21.7 Å². The van der Waals surface area contributed by atoms with E-state index in [1.165, 1.54) is 55.2 Å². The van der Waals surface area contributed by atoms with Gasteiger partial charge >= 0.3 is 0 Å². The fraction of sp³-hybridized carbons (Fsp3) is 0.321. The Morgan fingerprint density at radius 2 is 1.34 bits per heavy atom. The number of aromatic nitrogens is 1. The number of hydrogen-bond acceptors (Lipinski definition) is 1. The number of benzene rings is 3. The Balaban J connectivity index is 2.02. The number of rotatable bonds is 0. The van der Waals surface area contributed by atoms with Crippen molar-refractivity contribution in [3.63, 3.8) is 0 Å². The predicted octanol–water partition coefficient (Wildman–Crippen LogP) is 7.55. The molecule has 0 atom stereocenters. The number of aryl methyl sites for hydroxylation is 3. The van der Waals surface area contributed by atoms with Crippen molar-refractivity contribution in [3.8, 4) is 11.3 Å². The van der Waals surface area contributed by atoms with Crippen LogP contribution in [0.1, 0.15) is 55.5 Å². The highest BCUT2D eigenvalue weighted by Gasteiger charge is 2.48. The molecule has 0 spiro atoms. The Kier molecular flexibility index (Phi) is 3.60. The lowest BCUT2D eigenvalue weighted by atomic mass is 9.54. The van der Waals surface area contributed by atoms with E-state index in [9.17, 15) is 0 Å². The fourth-order valence-electron chi connectivity index (χ4n) is 5.64. The van der Waals surface area contributed by atoms with Gasteiger partial charge in [-0.05, 0) is 71.3 Å². The van der Waals surface area contributed by atoms with E-state index in [-0.39, 0.29) is 10.8 Å². The molecule has 146 valence electrons. The fourth-order valence-corrected chi connectivity index (χ4v) is 5.64. The molecule has 1 aromatic heterocycles. The van der Waals surface area contributed by atoms with E-state index < -0.39 is 0 Å². The van der Waals surface area contributed by atoms with E-state index in [4.69, 9.17) is 4.98 Å². The number of nitrogens with zero attached hydrogens (tertiary/aromatic N) is 1. The molecule has 0 fully saturated rings. The van der Waals surface area contributed by atoms with Crippen LogP contribution in [0.5, 0.6) is 0 Å². The highest BCUT2D eigenvalue weighted by molar-refractivity contribution is 5.97. The average molecular weight is 380 g/mol. The van der Waals surface area contributed by atoms with E-state index in [0.29, 0.717) is 0 Å². The van der Waals surface area contributed by atoms with Crippen molar-refractivity contribution in [1.29, 1.82) is 0 Å². The normalized spacial score (nSPS) is 16.7. The van der Waals surface area contributed by atoms with Crippen molar-refractivity contribution in [1.82, 2.24) is 4.98 Å². The van der Waals surface area contributed by atoms with E-state index in [1.807, 2.05) is 0 Å². The van der Waals surface area contributed by atoms with Crippen molar-refractivity contribution in [2.24, 2.45) is 0 Å². The Morgan fingerprint density at radius 3 is 2.10 bits per heavy atom. The summed E-state index contributed by atoms with van der Waals surface area (Å²) >= 11 is 0. The largest absolute Gasteiger partial charge is 0.247 e. The lowest BCUT2D eigenvalue weighted by Gasteiger charge is -2.49. The second kappa shape index (κ2) is 5.69. The van der Waals surface area contributed by atoms with Gasteiger partial charge in [0.15, 0.2) is 0 Å². The van der Waals surface area contributed by atoms with Crippen LogP contribution in [-0.4, -0.2) is 4.98 Å². The molecule has 0 amide bonds. The average Bonchev–Trinajstić information content (AvgIpc) is 2.66. The molecule has 0 N–H and O–H groups in total. The first kappa shape index (κ1) is 18.4. The summed E-state index contributed by atoms with van der Waals surface area (Å²) < 4.78 is 0. The van der Waals surface area contributed by atoms with E-state index in [2.05, 4.69) is 97.0 Å². The SMILES string of the molecule is Cc1ccc2cc3c(c(C)c2c1)C(C)(C)C(C)(C)c1c-3nc2ccccc2c1C. The number of para-hydroxylation sites is 1. The molecular formula is C28H29N. The summed E-state index contributed by atoms with van der Waals surface area (Å²) in [6.07, 6.45) is 0. The van der Waals surface area contributed by atoms with Gasteiger partial charge in [-0.3, -0.25) is 0 Å². The summed E-state index contributed by atoms with van der Waals surface area (Å²) in [5.41, 5.74) is 10.5. The summed E-state index contributed by atoms with van der Waals surface area (Å²) in [5.74, 6) is 0. The van der Waals surface area contributed by atoms with Gasteiger partial charge in [-0.15, -0.1) is 0 Å². The zero-order chi connectivity index (χ0) is 20.7. The Labute approximate surface area is 173 Å². The quantitative estimate of drug-likeness (QED) is 0.307. The molecule has 1 heteroatoms. The number of pyridine rings is 1. The first-order valence-corrected chi connectivity index (χ1v) is 10.6. The molecule has 4 aromatic rings. The minimum absolute atomic E-state index is 0.00769. The van der Waals surface area contributed by atoms with Crippen LogP contribution in [0.25, 0.3) is 32.9 Å². The molecule has 0 unspecified atom stereocenters. The first-order valence-electron chi connectivity index (χ1n) is 10.6. The van der Waals surface area contributed by atoms with Crippen LogP contribution in [0.15, 0.2) is 48.5 Å². The lowest BCUT2D eigenvalue weighted by molar-refractivity contribution is 0.296. The zero-order valence-corrected chi connectivity index (χ0v) is 18.6. The molecule has 1 nitrogen and oxygen atoms in total. The van der Waals surface area contributed by atoms with Crippen molar-refractivity contribution in [2.75, 3.05) is 0 Å². The monoisotopic (exact) mass is 379 g/mol. The van der Waals surface area contributed by atoms with Crippen molar-refractivity contribution in [3.05, 3.63) is 76.3 Å². The molecule has 0 bridgehead atoms. The standard InChI is InChI=1S/C28H29N/c1-16-12-13-19-15-22-24(18(3)21(19)14-16)27(4,5)28(6,7)25-17(2)20-10-8-9-11-23(20)29-26(22)25/h8-15H,1-7H3. The van der Waals surface area contributed by atoms with Crippen LogP contribution in [0.2, 0.25) is 0 Å². The van der Waals surface area contributed by atoms with Crippen LogP contribution in [0, 0.1) is 20.8 Å². The van der Waals surface area contributed by atoms with Crippen LogP contribution >= 0.6 is 0 Å². The summed E-state index contributed by atoms with van der Waals surface area (Å²) in [5, 5.41) is 3.95. The molecule has 0 aliphatic heterocycles. The summed E-state index contributed by atoms with van der Waals surface area (Å²) in [6, 6.07) is 17.8. The van der Waals surface area contributed by atoms with Crippen LogP contribution in [0.3, 0.4) is 0 Å². The molecule has 1 aliphatic carbocycles. The molecular weight excluding hydrogens is 350 g/mol. The smallest absolute Gasteiger partial charge is 0.0753 e. The topological polar surface area (TPSA) is 12.9 Å². The number of fused-ring (bicyclic) bond motifs is 5. The van der Waals surface area contributed by atoms with Gasteiger partial charge in [0.2, 0.25) is 0 Å². The molecule has 0 saturated heterocycles. The molecule has 3 aromatic carbocycles. The van der Waals surface area contributed by atoms with Gasteiger partial charge in [0.1, 0.15) is 0 Å². The maximum Gasteiger partial charge on any atom is 0.0753 e. The molecule has 0 saturated carbocycles. The highest BCUT2D eigenvalue weighted by Crippen LogP contribution is 2.56. The first-order chi connectivity index (χ1) is 13.6. The summed E-state index contributed by atoms with van der Waals surface area (Å²) in [4.78, 5) is 5.24. The third-order valence-corrected chi connectivity index (χ3v) is 7.78. The second-order valence-electron chi connectivity index (χ2n) is 9.88. The minimum Gasteiger partial charge on any atom is -0.247 e. The van der Waals surface area contributed by atoms with Gasteiger partial charge < -0.3 is 0 Å². The molecule has 29 heavy (non-hydrogen) atoms. The third-order valence-electron chi connectivity index (χ3n) is 7.78. The van der Waals surface area contributed by atoms with Crippen LogP contribution < -0.4 is 0 Å².